The Morgan fingerprint density at radius 3 is 2.78 bits per heavy atom. The van der Waals surface area contributed by atoms with Gasteiger partial charge in [-0.05, 0) is 51.9 Å². The van der Waals surface area contributed by atoms with E-state index in [2.05, 4.69) is 4.90 Å². The highest BCUT2D eigenvalue weighted by Gasteiger charge is 2.17. The molecule has 0 unspecified atom stereocenters. The fourth-order valence-corrected chi connectivity index (χ4v) is 2.39. The third-order valence-electron chi connectivity index (χ3n) is 3.28. The van der Waals surface area contributed by atoms with Crippen molar-refractivity contribution in [2.45, 2.75) is 32.8 Å². The van der Waals surface area contributed by atoms with E-state index in [1.165, 1.54) is 12.8 Å². The van der Waals surface area contributed by atoms with Crippen LogP contribution in [-0.4, -0.2) is 36.6 Å². The molecule has 1 saturated heterocycles. The lowest BCUT2D eigenvalue weighted by atomic mass is 10.1. The fraction of sp³-hybridized carbons (Fsp3) is 0.533. The van der Waals surface area contributed by atoms with Crippen molar-refractivity contribution in [2.24, 2.45) is 0 Å². The molecule has 98 valence electrons. The van der Waals surface area contributed by atoms with Gasteiger partial charge in [-0.1, -0.05) is 17.7 Å². The van der Waals surface area contributed by atoms with Crippen molar-refractivity contribution in [2.75, 3.05) is 19.6 Å². The molecule has 1 aliphatic heterocycles. The Labute approximate surface area is 109 Å². The first kappa shape index (κ1) is 13.1. The average molecular weight is 247 g/mol. The van der Waals surface area contributed by atoms with E-state index in [-0.39, 0.29) is 12.1 Å². The topological polar surface area (TPSA) is 29.5 Å². The van der Waals surface area contributed by atoms with Crippen LogP contribution in [0, 0.1) is 6.92 Å². The molecule has 3 heteroatoms. The minimum absolute atomic E-state index is 0.0453. The van der Waals surface area contributed by atoms with Crippen LogP contribution in [0.25, 0.3) is 0 Å². The van der Waals surface area contributed by atoms with Gasteiger partial charge in [0.1, 0.15) is 6.10 Å². The number of nitrogens with zero attached hydrogens (tertiary/aromatic N) is 1. The number of hydrogen-bond donors (Lipinski definition) is 0. The molecular formula is C15H21NO2. The Morgan fingerprint density at radius 2 is 2.11 bits per heavy atom. The molecule has 18 heavy (non-hydrogen) atoms. The number of aryl methyl sites for hydroxylation is 1. The van der Waals surface area contributed by atoms with Gasteiger partial charge in [0.05, 0.1) is 5.56 Å². The molecule has 1 heterocycles. The largest absolute Gasteiger partial charge is 0.458 e. The first-order valence-corrected chi connectivity index (χ1v) is 6.65. The molecule has 1 aliphatic rings. The van der Waals surface area contributed by atoms with Crippen molar-refractivity contribution < 1.29 is 9.53 Å². The van der Waals surface area contributed by atoms with Crippen LogP contribution in [0.5, 0.6) is 0 Å². The summed E-state index contributed by atoms with van der Waals surface area (Å²) in [5, 5.41) is 0. The van der Waals surface area contributed by atoms with Crippen molar-refractivity contribution >= 4 is 5.97 Å². The van der Waals surface area contributed by atoms with Crippen molar-refractivity contribution in [3.63, 3.8) is 0 Å². The van der Waals surface area contributed by atoms with Crippen LogP contribution in [-0.2, 0) is 4.74 Å². The molecule has 1 fully saturated rings. The van der Waals surface area contributed by atoms with E-state index in [1.54, 1.807) is 6.07 Å². The summed E-state index contributed by atoms with van der Waals surface area (Å²) in [6.45, 7) is 7.05. The van der Waals surface area contributed by atoms with Crippen molar-refractivity contribution in [1.82, 2.24) is 4.90 Å². The minimum Gasteiger partial charge on any atom is -0.458 e. The predicted octanol–water partition coefficient (Wildman–Crippen LogP) is 2.64. The average Bonchev–Trinajstić information content (AvgIpc) is 2.81. The van der Waals surface area contributed by atoms with Crippen molar-refractivity contribution in [1.29, 1.82) is 0 Å². The SMILES string of the molecule is Cc1cccc(C(=O)O[C@H](C)CN2CCCC2)c1. The summed E-state index contributed by atoms with van der Waals surface area (Å²) in [6, 6.07) is 7.53. The summed E-state index contributed by atoms with van der Waals surface area (Å²) < 4.78 is 5.47. The Kier molecular flexibility index (Phi) is 4.37. The number of hydrogen-bond acceptors (Lipinski definition) is 3. The Hall–Kier alpha value is -1.35. The molecule has 0 bridgehead atoms. The molecule has 1 aromatic rings. The van der Waals surface area contributed by atoms with E-state index in [0.29, 0.717) is 5.56 Å². The zero-order valence-electron chi connectivity index (χ0n) is 11.2. The minimum atomic E-state index is -0.217. The van der Waals surface area contributed by atoms with Crippen LogP contribution < -0.4 is 0 Å². The summed E-state index contributed by atoms with van der Waals surface area (Å²) in [6.07, 6.45) is 2.48. The number of carbonyl (C=O) groups excluding carboxylic acids is 1. The molecule has 0 N–H and O–H groups in total. The van der Waals surface area contributed by atoms with Crippen LogP contribution in [0.1, 0.15) is 35.7 Å². The summed E-state index contributed by atoms with van der Waals surface area (Å²) in [5.74, 6) is -0.217. The van der Waals surface area contributed by atoms with E-state index >= 15 is 0 Å². The number of carbonyl (C=O) groups is 1. The summed E-state index contributed by atoms with van der Waals surface area (Å²) in [5.41, 5.74) is 1.72. The van der Waals surface area contributed by atoms with Crippen LogP contribution in [0.4, 0.5) is 0 Å². The number of esters is 1. The smallest absolute Gasteiger partial charge is 0.338 e. The summed E-state index contributed by atoms with van der Waals surface area (Å²) in [4.78, 5) is 14.3. The summed E-state index contributed by atoms with van der Waals surface area (Å²) >= 11 is 0. The Morgan fingerprint density at radius 1 is 1.39 bits per heavy atom. The highest BCUT2D eigenvalue weighted by atomic mass is 16.5. The zero-order valence-corrected chi connectivity index (χ0v) is 11.2. The van der Waals surface area contributed by atoms with Crippen molar-refractivity contribution in [3.05, 3.63) is 35.4 Å². The molecule has 0 aliphatic carbocycles. The normalized spacial score (nSPS) is 17.7. The number of rotatable bonds is 4. The molecule has 3 nitrogen and oxygen atoms in total. The summed E-state index contributed by atoms with van der Waals surface area (Å²) in [7, 11) is 0. The number of likely N-dealkylation sites (tertiary alicyclic amines) is 1. The second-order valence-electron chi connectivity index (χ2n) is 5.09. The monoisotopic (exact) mass is 247 g/mol. The molecule has 0 amide bonds. The molecule has 2 rings (SSSR count). The van der Waals surface area contributed by atoms with E-state index in [0.717, 1.165) is 25.2 Å². The fourth-order valence-electron chi connectivity index (χ4n) is 2.39. The lowest BCUT2D eigenvalue weighted by Gasteiger charge is -2.20. The first-order valence-electron chi connectivity index (χ1n) is 6.65. The highest BCUT2D eigenvalue weighted by molar-refractivity contribution is 5.89. The maximum Gasteiger partial charge on any atom is 0.338 e. The van der Waals surface area contributed by atoms with Gasteiger partial charge in [0.2, 0.25) is 0 Å². The van der Waals surface area contributed by atoms with Gasteiger partial charge in [-0.3, -0.25) is 4.90 Å². The molecular weight excluding hydrogens is 226 g/mol. The van der Waals surface area contributed by atoms with Gasteiger partial charge in [0.15, 0.2) is 0 Å². The molecule has 0 spiro atoms. The van der Waals surface area contributed by atoms with E-state index < -0.39 is 0 Å². The van der Waals surface area contributed by atoms with Crippen LogP contribution in [0.3, 0.4) is 0 Å². The van der Waals surface area contributed by atoms with Gasteiger partial charge < -0.3 is 4.74 Å². The lowest BCUT2D eigenvalue weighted by Crippen LogP contribution is -2.31. The molecule has 0 radical (unpaired) electrons. The van der Waals surface area contributed by atoms with E-state index in [9.17, 15) is 4.79 Å². The van der Waals surface area contributed by atoms with Gasteiger partial charge in [-0.2, -0.15) is 0 Å². The second kappa shape index (κ2) is 6.01. The maximum atomic E-state index is 11.9. The molecule has 0 aromatic heterocycles. The second-order valence-corrected chi connectivity index (χ2v) is 5.09. The quantitative estimate of drug-likeness (QED) is 0.766. The Bertz CT molecular complexity index is 411. The predicted molar refractivity (Wildman–Crippen MR) is 71.7 cm³/mol. The molecule has 1 atom stereocenters. The third-order valence-corrected chi connectivity index (χ3v) is 3.28. The lowest BCUT2D eigenvalue weighted by molar-refractivity contribution is 0.0271. The highest BCUT2D eigenvalue weighted by Crippen LogP contribution is 2.11. The zero-order chi connectivity index (χ0) is 13.0. The van der Waals surface area contributed by atoms with E-state index in [4.69, 9.17) is 4.74 Å². The van der Waals surface area contributed by atoms with E-state index in [1.807, 2.05) is 32.0 Å². The molecule has 1 aromatic carbocycles. The van der Waals surface area contributed by atoms with Crippen LogP contribution in [0.15, 0.2) is 24.3 Å². The first-order chi connectivity index (χ1) is 8.65. The van der Waals surface area contributed by atoms with Gasteiger partial charge in [0, 0.05) is 6.54 Å². The number of benzene rings is 1. The maximum absolute atomic E-state index is 11.9. The van der Waals surface area contributed by atoms with Crippen LogP contribution >= 0.6 is 0 Å². The van der Waals surface area contributed by atoms with Gasteiger partial charge in [0.25, 0.3) is 0 Å². The van der Waals surface area contributed by atoms with Gasteiger partial charge in [-0.15, -0.1) is 0 Å². The van der Waals surface area contributed by atoms with Crippen LogP contribution in [0.2, 0.25) is 0 Å². The molecule has 0 saturated carbocycles. The third kappa shape index (κ3) is 3.57. The standard InChI is InChI=1S/C15H21NO2/c1-12-6-5-7-14(10-12)15(17)18-13(2)11-16-8-3-4-9-16/h5-7,10,13H,3-4,8-9,11H2,1-2H3/t13-/m1/s1. The Balaban J connectivity index is 1.86. The van der Waals surface area contributed by atoms with Gasteiger partial charge in [-0.25, -0.2) is 4.79 Å². The number of ether oxygens (including phenoxy) is 1. The van der Waals surface area contributed by atoms with Crippen molar-refractivity contribution in [3.8, 4) is 0 Å². The van der Waals surface area contributed by atoms with Gasteiger partial charge >= 0.3 is 5.97 Å².